The molecule has 1 aromatic carbocycles. The molecule has 0 saturated carbocycles. The summed E-state index contributed by atoms with van der Waals surface area (Å²) in [6.45, 7) is 5.78. The van der Waals surface area contributed by atoms with Gasteiger partial charge in [-0.25, -0.2) is 0 Å². The maximum absolute atomic E-state index is 10.1. The molecule has 0 heterocycles. The highest BCUT2D eigenvalue weighted by molar-refractivity contribution is 5.32. The van der Waals surface area contributed by atoms with Gasteiger partial charge in [-0.05, 0) is 26.3 Å². The van der Waals surface area contributed by atoms with Gasteiger partial charge in [0.2, 0.25) is 0 Å². The molecule has 1 aromatic rings. The quantitative estimate of drug-likeness (QED) is 0.707. The van der Waals surface area contributed by atoms with Crippen LogP contribution in [0.2, 0.25) is 0 Å². The molecule has 0 aliphatic heterocycles. The highest BCUT2D eigenvalue weighted by Crippen LogP contribution is 2.25. The molecule has 1 N–H and O–H groups in total. The molecule has 0 amide bonds. The zero-order valence-electron chi connectivity index (χ0n) is 8.96. The topological polar surface area (TPSA) is 20.2 Å². The number of aryl methyl sites for hydroxylation is 2. The van der Waals surface area contributed by atoms with Gasteiger partial charge in [-0.15, -0.1) is 12.3 Å². The van der Waals surface area contributed by atoms with Crippen molar-refractivity contribution in [2.45, 2.75) is 32.8 Å². The second-order valence-electron chi connectivity index (χ2n) is 4.03. The Labute approximate surface area is 85.8 Å². The van der Waals surface area contributed by atoms with Crippen molar-refractivity contribution in [1.29, 1.82) is 0 Å². The monoisotopic (exact) mass is 188 g/mol. The summed E-state index contributed by atoms with van der Waals surface area (Å²) in [7, 11) is 0. The third kappa shape index (κ3) is 2.37. The molecule has 0 radical (unpaired) electrons. The Hall–Kier alpha value is -1.26. The van der Waals surface area contributed by atoms with Crippen LogP contribution < -0.4 is 0 Å². The second-order valence-corrected chi connectivity index (χ2v) is 4.03. The molecule has 14 heavy (non-hydrogen) atoms. The Morgan fingerprint density at radius 1 is 1.29 bits per heavy atom. The fraction of sp³-hybridized carbons (Fsp3) is 0.385. The number of hydrogen-bond donors (Lipinski definition) is 1. The van der Waals surface area contributed by atoms with Crippen LogP contribution in [0.15, 0.2) is 18.2 Å². The lowest BCUT2D eigenvalue weighted by Crippen LogP contribution is -2.20. The number of terminal acetylenes is 1. The number of aliphatic hydroxyl groups is 1. The summed E-state index contributed by atoms with van der Waals surface area (Å²) in [5, 5.41) is 10.1. The Bertz CT molecular complexity index is 349. The van der Waals surface area contributed by atoms with Crippen molar-refractivity contribution < 1.29 is 5.11 Å². The predicted octanol–water partition coefficient (Wildman–Crippen LogP) is 2.53. The summed E-state index contributed by atoms with van der Waals surface area (Å²) >= 11 is 0. The van der Waals surface area contributed by atoms with Crippen molar-refractivity contribution in [3.8, 4) is 12.3 Å². The average molecular weight is 188 g/mol. The Kier molecular flexibility index (Phi) is 2.98. The lowest BCUT2D eigenvalue weighted by atomic mass is 9.90. The molecule has 74 valence electrons. The van der Waals surface area contributed by atoms with Gasteiger partial charge in [-0.3, -0.25) is 0 Å². The van der Waals surface area contributed by atoms with Gasteiger partial charge in [0, 0.05) is 6.42 Å². The second kappa shape index (κ2) is 3.86. The van der Waals surface area contributed by atoms with E-state index in [-0.39, 0.29) is 0 Å². The number of benzene rings is 1. The zero-order chi connectivity index (χ0) is 10.8. The summed E-state index contributed by atoms with van der Waals surface area (Å²) in [6, 6.07) is 6.03. The van der Waals surface area contributed by atoms with E-state index in [9.17, 15) is 5.11 Å². The molecule has 0 saturated heterocycles. The molecule has 0 aliphatic rings. The molecule has 1 unspecified atom stereocenters. The maximum Gasteiger partial charge on any atom is 0.0977 e. The largest absolute Gasteiger partial charge is 0.384 e. The van der Waals surface area contributed by atoms with Crippen LogP contribution in [0.3, 0.4) is 0 Å². The third-order valence-electron chi connectivity index (χ3n) is 2.29. The highest BCUT2D eigenvalue weighted by Gasteiger charge is 2.21. The maximum atomic E-state index is 10.1. The average Bonchev–Trinajstić information content (AvgIpc) is 2.02. The van der Waals surface area contributed by atoms with E-state index in [2.05, 4.69) is 12.0 Å². The SMILES string of the molecule is C#CCC(C)(O)c1cc(C)cc(C)c1. The molecule has 1 rings (SSSR count). The first-order chi connectivity index (χ1) is 6.45. The minimum Gasteiger partial charge on any atom is -0.384 e. The predicted molar refractivity (Wildman–Crippen MR) is 58.9 cm³/mol. The van der Waals surface area contributed by atoms with Gasteiger partial charge in [-0.1, -0.05) is 29.3 Å². The third-order valence-corrected chi connectivity index (χ3v) is 2.29. The van der Waals surface area contributed by atoms with Crippen LogP contribution in [0, 0.1) is 26.2 Å². The van der Waals surface area contributed by atoms with Gasteiger partial charge in [0.15, 0.2) is 0 Å². The first-order valence-corrected chi connectivity index (χ1v) is 4.70. The Balaban J connectivity index is 3.13. The van der Waals surface area contributed by atoms with E-state index in [1.165, 1.54) is 0 Å². The van der Waals surface area contributed by atoms with E-state index in [0.717, 1.165) is 16.7 Å². The van der Waals surface area contributed by atoms with E-state index in [1.54, 1.807) is 6.92 Å². The molecule has 1 atom stereocenters. The van der Waals surface area contributed by atoms with Gasteiger partial charge in [0.1, 0.15) is 0 Å². The standard InChI is InChI=1S/C13H16O/c1-5-6-13(4,14)12-8-10(2)7-11(3)9-12/h1,7-9,14H,6H2,2-4H3. The molecule has 0 fully saturated rings. The normalized spacial score (nSPS) is 14.5. The van der Waals surface area contributed by atoms with Crippen LogP contribution in [0.4, 0.5) is 0 Å². The van der Waals surface area contributed by atoms with Gasteiger partial charge in [0.25, 0.3) is 0 Å². The van der Waals surface area contributed by atoms with E-state index in [4.69, 9.17) is 6.42 Å². The van der Waals surface area contributed by atoms with Crippen molar-refractivity contribution in [1.82, 2.24) is 0 Å². The van der Waals surface area contributed by atoms with E-state index in [1.807, 2.05) is 26.0 Å². The van der Waals surface area contributed by atoms with Crippen LogP contribution in [-0.2, 0) is 5.60 Å². The van der Waals surface area contributed by atoms with Crippen LogP contribution in [0.1, 0.15) is 30.0 Å². The Morgan fingerprint density at radius 2 is 1.79 bits per heavy atom. The fourth-order valence-electron chi connectivity index (χ4n) is 1.59. The minimum absolute atomic E-state index is 0.343. The molecule has 0 spiro atoms. The van der Waals surface area contributed by atoms with Crippen LogP contribution >= 0.6 is 0 Å². The lowest BCUT2D eigenvalue weighted by Gasteiger charge is -2.22. The smallest absolute Gasteiger partial charge is 0.0977 e. The Morgan fingerprint density at radius 3 is 2.21 bits per heavy atom. The summed E-state index contributed by atoms with van der Waals surface area (Å²) in [6.07, 6.45) is 5.56. The van der Waals surface area contributed by atoms with Crippen LogP contribution in [0.5, 0.6) is 0 Å². The van der Waals surface area contributed by atoms with Gasteiger partial charge in [-0.2, -0.15) is 0 Å². The van der Waals surface area contributed by atoms with Crippen molar-refractivity contribution in [2.24, 2.45) is 0 Å². The molecule has 0 aliphatic carbocycles. The van der Waals surface area contributed by atoms with Gasteiger partial charge in [0.05, 0.1) is 5.60 Å². The summed E-state index contributed by atoms with van der Waals surface area (Å²) in [5.74, 6) is 2.50. The van der Waals surface area contributed by atoms with Crippen molar-refractivity contribution in [3.63, 3.8) is 0 Å². The van der Waals surface area contributed by atoms with E-state index in [0.29, 0.717) is 6.42 Å². The number of rotatable bonds is 2. The minimum atomic E-state index is -0.911. The van der Waals surface area contributed by atoms with E-state index >= 15 is 0 Å². The first-order valence-electron chi connectivity index (χ1n) is 4.70. The number of hydrogen-bond acceptors (Lipinski definition) is 1. The summed E-state index contributed by atoms with van der Waals surface area (Å²) < 4.78 is 0. The molecule has 1 nitrogen and oxygen atoms in total. The van der Waals surface area contributed by atoms with Gasteiger partial charge >= 0.3 is 0 Å². The lowest BCUT2D eigenvalue weighted by molar-refractivity contribution is 0.0628. The summed E-state index contributed by atoms with van der Waals surface area (Å²) in [5.41, 5.74) is 2.29. The molecule has 0 bridgehead atoms. The van der Waals surface area contributed by atoms with Crippen LogP contribution in [0.25, 0.3) is 0 Å². The van der Waals surface area contributed by atoms with Crippen molar-refractivity contribution in [2.75, 3.05) is 0 Å². The van der Waals surface area contributed by atoms with Gasteiger partial charge < -0.3 is 5.11 Å². The van der Waals surface area contributed by atoms with E-state index < -0.39 is 5.60 Å². The van der Waals surface area contributed by atoms with Crippen LogP contribution in [-0.4, -0.2) is 5.11 Å². The molecule has 1 heteroatoms. The molecule has 0 aromatic heterocycles. The van der Waals surface area contributed by atoms with Crippen molar-refractivity contribution >= 4 is 0 Å². The first kappa shape index (κ1) is 10.8. The highest BCUT2D eigenvalue weighted by atomic mass is 16.3. The molecular weight excluding hydrogens is 172 g/mol. The van der Waals surface area contributed by atoms with Crippen molar-refractivity contribution in [3.05, 3.63) is 34.9 Å². The fourth-order valence-corrected chi connectivity index (χ4v) is 1.59. The zero-order valence-corrected chi connectivity index (χ0v) is 8.96. The summed E-state index contributed by atoms with van der Waals surface area (Å²) in [4.78, 5) is 0. The molecular formula is C13H16O.